The molecule has 1 N–H and O–H groups in total. The molecule has 1 aromatic rings. The van der Waals surface area contributed by atoms with Gasteiger partial charge >= 0.3 is 0 Å². The first-order chi connectivity index (χ1) is 9.33. The van der Waals surface area contributed by atoms with E-state index >= 15 is 0 Å². The second kappa shape index (κ2) is 7.07. The van der Waals surface area contributed by atoms with Crippen molar-refractivity contribution in [3.63, 3.8) is 0 Å². The fourth-order valence-electron chi connectivity index (χ4n) is 2.28. The minimum atomic E-state index is -0.0158. The number of nitrogens with zero attached hydrogens (tertiary/aromatic N) is 3. The van der Waals surface area contributed by atoms with Crippen LogP contribution in [0.25, 0.3) is 0 Å². The van der Waals surface area contributed by atoms with Gasteiger partial charge in [-0.1, -0.05) is 39.0 Å². The summed E-state index contributed by atoms with van der Waals surface area (Å²) >= 11 is 0. The average molecular weight is 262 g/mol. The number of fused-ring (bicyclic) bond motifs is 1. The molecule has 0 fully saturated rings. The topological polar surface area (TPSA) is 59.3 Å². The van der Waals surface area contributed by atoms with Crippen molar-refractivity contribution in [2.75, 3.05) is 11.9 Å². The molecule has 5 heteroatoms. The van der Waals surface area contributed by atoms with Gasteiger partial charge in [-0.05, 0) is 6.42 Å². The van der Waals surface area contributed by atoms with Crippen molar-refractivity contribution < 1.29 is 4.79 Å². The smallest absolute Gasteiger partial charge is 0.206 e. The maximum Gasteiger partial charge on any atom is 0.206 e. The largest absolute Gasteiger partial charge is 0.331 e. The summed E-state index contributed by atoms with van der Waals surface area (Å²) < 4.78 is 2.02. The Morgan fingerprint density at radius 1 is 1.26 bits per heavy atom. The van der Waals surface area contributed by atoms with Crippen LogP contribution in [0.3, 0.4) is 0 Å². The zero-order valence-electron chi connectivity index (χ0n) is 11.6. The molecule has 19 heavy (non-hydrogen) atoms. The highest BCUT2D eigenvalue weighted by Gasteiger charge is 2.18. The highest BCUT2D eigenvalue weighted by Crippen LogP contribution is 2.17. The Morgan fingerprint density at radius 2 is 2.05 bits per heavy atom. The number of rotatable bonds is 7. The summed E-state index contributed by atoms with van der Waals surface area (Å²) in [7, 11) is 0. The van der Waals surface area contributed by atoms with Gasteiger partial charge in [0.1, 0.15) is 12.4 Å². The van der Waals surface area contributed by atoms with E-state index < -0.39 is 0 Å². The van der Waals surface area contributed by atoms with Crippen LogP contribution in [0.15, 0.2) is 11.3 Å². The third-order valence-electron chi connectivity index (χ3n) is 3.38. The number of hydrogen-bond donors (Lipinski definition) is 1. The van der Waals surface area contributed by atoms with Gasteiger partial charge in [-0.2, -0.15) is 0 Å². The van der Waals surface area contributed by atoms with Gasteiger partial charge in [-0.3, -0.25) is 9.79 Å². The molecule has 2 heterocycles. The van der Waals surface area contributed by atoms with Crippen molar-refractivity contribution >= 4 is 17.9 Å². The maximum absolute atomic E-state index is 11.7. The third-order valence-corrected chi connectivity index (χ3v) is 3.38. The fraction of sp³-hybridized carbons (Fsp3) is 0.643. The van der Waals surface area contributed by atoms with Gasteiger partial charge in [0.2, 0.25) is 5.78 Å². The summed E-state index contributed by atoms with van der Waals surface area (Å²) in [5, 5.41) is 3.05. The molecule has 0 aliphatic carbocycles. The van der Waals surface area contributed by atoms with E-state index in [0.29, 0.717) is 5.69 Å². The molecular formula is C14H22N4O. The number of hydrogen-bond acceptors (Lipinski definition) is 4. The van der Waals surface area contributed by atoms with E-state index in [2.05, 4.69) is 22.2 Å². The van der Waals surface area contributed by atoms with Crippen LogP contribution in [-0.2, 0) is 6.54 Å². The summed E-state index contributed by atoms with van der Waals surface area (Å²) in [6.07, 6.45) is 10.9. The fourth-order valence-corrected chi connectivity index (χ4v) is 2.28. The lowest BCUT2D eigenvalue weighted by Crippen LogP contribution is -2.07. The molecule has 0 unspecified atom stereocenters. The van der Waals surface area contributed by atoms with Crippen molar-refractivity contribution in [2.45, 2.75) is 52.0 Å². The second-order valence-corrected chi connectivity index (χ2v) is 4.94. The molecule has 0 radical (unpaired) electrons. The molecule has 2 rings (SSSR count). The molecule has 0 bridgehead atoms. The molecule has 0 aromatic carbocycles. The SMILES string of the molecule is CCCCCCCCn1cnc2c1NC=NCC2=O. The molecule has 1 aliphatic rings. The highest BCUT2D eigenvalue weighted by molar-refractivity contribution is 6.03. The normalized spacial score (nSPS) is 14.1. The van der Waals surface area contributed by atoms with Gasteiger partial charge in [0.05, 0.1) is 12.7 Å². The molecule has 1 aliphatic heterocycles. The monoisotopic (exact) mass is 262 g/mol. The van der Waals surface area contributed by atoms with Gasteiger partial charge in [-0.25, -0.2) is 4.98 Å². The Hall–Kier alpha value is -1.65. The zero-order chi connectivity index (χ0) is 13.5. The molecule has 0 atom stereocenters. The summed E-state index contributed by atoms with van der Waals surface area (Å²) in [5.74, 6) is 0.776. The molecule has 0 saturated carbocycles. The molecule has 0 spiro atoms. The lowest BCUT2D eigenvalue weighted by Gasteiger charge is -2.07. The molecule has 0 amide bonds. The van der Waals surface area contributed by atoms with Crippen LogP contribution in [0.1, 0.15) is 55.9 Å². The Kier molecular flexibility index (Phi) is 5.12. The van der Waals surface area contributed by atoms with E-state index in [4.69, 9.17) is 0 Å². The number of anilines is 1. The number of ketones is 1. The quantitative estimate of drug-likeness (QED) is 0.769. The number of aryl methyl sites for hydroxylation is 1. The lowest BCUT2D eigenvalue weighted by atomic mass is 10.1. The van der Waals surface area contributed by atoms with Crippen molar-refractivity contribution in [3.05, 3.63) is 12.0 Å². The van der Waals surface area contributed by atoms with E-state index in [0.717, 1.165) is 18.8 Å². The van der Waals surface area contributed by atoms with E-state index in [-0.39, 0.29) is 12.3 Å². The van der Waals surface area contributed by atoms with Gasteiger partial charge in [0.15, 0.2) is 5.69 Å². The molecule has 5 nitrogen and oxygen atoms in total. The van der Waals surface area contributed by atoms with E-state index in [1.165, 1.54) is 32.1 Å². The Bertz CT molecular complexity index is 450. The lowest BCUT2D eigenvalue weighted by molar-refractivity contribution is 0.0999. The number of aliphatic imine (C=N–C) groups is 1. The van der Waals surface area contributed by atoms with Gasteiger partial charge in [0, 0.05) is 6.54 Å². The Balaban J connectivity index is 1.85. The highest BCUT2D eigenvalue weighted by atomic mass is 16.1. The van der Waals surface area contributed by atoms with E-state index in [9.17, 15) is 4.79 Å². The van der Waals surface area contributed by atoms with E-state index in [1.54, 1.807) is 12.7 Å². The maximum atomic E-state index is 11.7. The first-order valence-corrected chi connectivity index (χ1v) is 7.16. The van der Waals surface area contributed by atoms with Crippen LogP contribution in [0, 0.1) is 0 Å². The van der Waals surface area contributed by atoms with Gasteiger partial charge in [0.25, 0.3) is 0 Å². The number of Topliss-reactive ketones (excluding diaryl/α,β-unsaturated/α-hetero) is 1. The van der Waals surface area contributed by atoms with Crippen molar-refractivity contribution in [1.82, 2.24) is 9.55 Å². The third kappa shape index (κ3) is 3.66. The molecule has 0 saturated heterocycles. The van der Waals surface area contributed by atoms with Crippen LogP contribution in [0.5, 0.6) is 0 Å². The summed E-state index contributed by atoms with van der Waals surface area (Å²) in [6.45, 7) is 3.32. The number of imidazole rings is 1. The minimum absolute atomic E-state index is 0.0158. The number of carbonyl (C=O) groups excluding carboxylic acids is 1. The van der Waals surface area contributed by atoms with Crippen LogP contribution >= 0.6 is 0 Å². The molecule has 104 valence electrons. The minimum Gasteiger partial charge on any atom is -0.331 e. The summed E-state index contributed by atoms with van der Waals surface area (Å²) in [5.41, 5.74) is 0.517. The number of aromatic nitrogens is 2. The zero-order valence-corrected chi connectivity index (χ0v) is 11.6. The van der Waals surface area contributed by atoms with Crippen molar-refractivity contribution in [1.29, 1.82) is 0 Å². The molecule has 1 aromatic heterocycles. The number of unbranched alkanes of at least 4 members (excludes halogenated alkanes) is 5. The Morgan fingerprint density at radius 3 is 2.89 bits per heavy atom. The Labute approximate surface area is 114 Å². The predicted molar refractivity (Wildman–Crippen MR) is 76.9 cm³/mol. The number of nitrogens with one attached hydrogen (secondary N) is 1. The van der Waals surface area contributed by atoms with E-state index in [1.807, 2.05) is 4.57 Å². The second-order valence-electron chi connectivity index (χ2n) is 4.94. The first kappa shape index (κ1) is 13.8. The van der Waals surface area contributed by atoms with Crippen molar-refractivity contribution in [2.24, 2.45) is 4.99 Å². The van der Waals surface area contributed by atoms with Gasteiger partial charge in [-0.15, -0.1) is 0 Å². The standard InChI is InChI=1S/C14H22N4O/c1-2-3-4-5-6-7-8-18-11-17-13-12(19)9-15-10-16-14(13)18/h10-11H,2-9H2,1H3,(H,15,16). The summed E-state index contributed by atoms with van der Waals surface area (Å²) in [4.78, 5) is 19.9. The molecular weight excluding hydrogens is 240 g/mol. The van der Waals surface area contributed by atoms with Crippen LogP contribution < -0.4 is 5.32 Å². The average Bonchev–Trinajstić information content (AvgIpc) is 2.72. The predicted octanol–water partition coefficient (Wildman–Crippen LogP) is 2.88. The van der Waals surface area contributed by atoms with Crippen LogP contribution in [0.4, 0.5) is 5.82 Å². The summed E-state index contributed by atoms with van der Waals surface area (Å²) in [6, 6.07) is 0. The number of carbonyl (C=O) groups is 1. The van der Waals surface area contributed by atoms with Gasteiger partial charge < -0.3 is 9.88 Å². The first-order valence-electron chi connectivity index (χ1n) is 7.16. The van der Waals surface area contributed by atoms with Crippen LogP contribution in [0.2, 0.25) is 0 Å². The van der Waals surface area contributed by atoms with Crippen molar-refractivity contribution in [3.8, 4) is 0 Å². The van der Waals surface area contributed by atoms with Crippen LogP contribution in [-0.4, -0.2) is 28.2 Å².